The monoisotopic (exact) mass is 286 g/mol. The molecule has 2 N–H and O–H groups in total. The van der Waals surface area contributed by atoms with Gasteiger partial charge in [-0.2, -0.15) is 5.26 Å². The van der Waals surface area contributed by atoms with Crippen LogP contribution < -0.4 is 10.7 Å². The summed E-state index contributed by atoms with van der Waals surface area (Å²) >= 11 is 0. The SMILES string of the molecule is N#CC(=C1N=c2ccccc2=N1)c1c(O)[nH]c2ccccc12. The number of H-pyrrole nitrogens is 1. The zero-order chi connectivity index (χ0) is 15.1. The predicted octanol–water partition coefficient (Wildman–Crippen LogP) is 2.02. The number of hydrogen-bond acceptors (Lipinski definition) is 4. The number of fused-ring (bicyclic) bond motifs is 2. The lowest BCUT2D eigenvalue weighted by Gasteiger charge is -1.99. The number of nitrogens with one attached hydrogen (secondary N) is 1. The van der Waals surface area contributed by atoms with Crippen molar-refractivity contribution in [2.45, 2.75) is 0 Å². The number of aromatic hydroxyl groups is 1. The van der Waals surface area contributed by atoms with E-state index in [2.05, 4.69) is 21.0 Å². The number of aromatic nitrogens is 1. The van der Waals surface area contributed by atoms with Crippen molar-refractivity contribution in [2.75, 3.05) is 0 Å². The Balaban J connectivity index is 2.05. The minimum absolute atomic E-state index is 0.0494. The topological polar surface area (TPSA) is 84.5 Å². The molecule has 0 bridgehead atoms. The van der Waals surface area contributed by atoms with Crippen molar-refractivity contribution in [1.82, 2.24) is 4.98 Å². The predicted molar refractivity (Wildman–Crippen MR) is 81.3 cm³/mol. The lowest BCUT2D eigenvalue weighted by molar-refractivity contribution is 0.457. The first-order valence-electron chi connectivity index (χ1n) is 6.75. The normalized spacial score (nSPS) is 12.4. The zero-order valence-electron chi connectivity index (χ0n) is 11.4. The highest BCUT2D eigenvalue weighted by atomic mass is 16.3. The van der Waals surface area contributed by atoms with E-state index in [4.69, 9.17) is 0 Å². The van der Waals surface area contributed by atoms with E-state index in [1.165, 1.54) is 0 Å². The first-order valence-corrected chi connectivity index (χ1v) is 6.75. The molecular formula is C17H10N4O. The second kappa shape index (κ2) is 4.57. The van der Waals surface area contributed by atoms with Gasteiger partial charge in [0.15, 0.2) is 11.7 Å². The van der Waals surface area contributed by atoms with Crippen molar-refractivity contribution in [3.05, 3.63) is 70.6 Å². The van der Waals surface area contributed by atoms with Crippen molar-refractivity contribution in [3.63, 3.8) is 0 Å². The molecule has 5 heteroatoms. The summed E-state index contributed by atoms with van der Waals surface area (Å²) in [5, 5.41) is 22.0. The maximum atomic E-state index is 10.2. The number of nitriles is 1. The Morgan fingerprint density at radius 2 is 1.64 bits per heavy atom. The van der Waals surface area contributed by atoms with Gasteiger partial charge in [-0.15, -0.1) is 0 Å². The van der Waals surface area contributed by atoms with Crippen LogP contribution in [0.2, 0.25) is 0 Å². The Morgan fingerprint density at radius 3 is 2.32 bits per heavy atom. The summed E-state index contributed by atoms with van der Waals surface area (Å²) in [5.41, 5.74) is 1.46. The smallest absolute Gasteiger partial charge is 0.198 e. The molecule has 3 aromatic rings. The minimum Gasteiger partial charge on any atom is -0.494 e. The van der Waals surface area contributed by atoms with Gasteiger partial charge in [0.2, 0.25) is 0 Å². The number of benzene rings is 2. The standard InChI is InChI=1S/C17H10N4O/c18-9-11(16-19-13-7-3-4-8-14(13)20-16)15-10-5-1-2-6-12(10)21-17(15)22/h1-8,21-22H. The highest BCUT2D eigenvalue weighted by Gasteiger charge is 2.19. The van der Waals surface area contributed by atoms with E-state index < -0.39 is 0 Å². The van der Waals surface area contributed by atoms with Crippen molar-refractivity contribution < 1.29 is 5.11 Å². The third-order valence-electron chi connectivity index (χ3n) is 3.61. The molecule has 0 unspecified atom stereocenters. The first-order chi connectivity index (χ1) is 10.8. The summed E-state index contributed by atoms with van der Waals surface area (Å²) in [7, 11) is 0. The molecule has 2 heterocycles. The van der Waals surface area contributed by atoms with Crippen LogP contribution in [0.4, 0.5) is 0 Å². The van der Waals surface area contributed by atoms with Gasteiger partial charge in [-0.25, -0.2) is 9.98 Å². The van der Waals surface area contributed by atoms with E-state index in [9.17, 15) is 10.4 Å². The molecule has 1 aliphatic heterocycles. The molecule has 0 fully saturated rings. The van der Waals surface area contributed by atoms with Gasteiger partial charge in [0, 0.05) is 10.9 Å². The average molecular weight is 286 g/mol. The molecular weight excluding hydrogens is 276 g/mol. The number of nitrogens with zero attached hydrogens (tertiary/aromatic N) is 3. The number of hydrogen-bond donors (Lipinski definition) is 2. The Bertz CT molecular complexity index is 1060. The third kappa shape index (κ3) is 1.71. The molecule has 4 rings (SSSR count). The van der Waals surface area contributed by atoms with Gasteiger partial charge >= 0.3 is 0 Å². The van der Waals surface area contributed by atoms with E-state index in [0.717, 1.165) is 21.6 Å². The van der Waals surface area contributed by atoms with Crippen LogP contribution in [0.5, 0.6) is 5.88 Å². The third-order valence-corrected chi connectivity index (χ3v) is 3.61. The molecule has 2 aromatic carbocycles. The van der Waals surface area contributed by atoms with Gasteiger partial charge in [0.05, 0.1) is 16.3 Å². The summed E-state index contributed by atoms with van der Waals surface area (Å²) in [4.78, 5) is 11.7. The molecule has 0 amide bonds. The molecule has 104 valence electrons. The fraction of sp³-hybridized carbons (Fsp3) is 0. The molecule has 5 nitrogen and oxygen atoms in total. The fourth-order valence-electron chi connectivity index (χ4n) is 2.62. The number of para-hydroxylation sites is 3. The Kier molecular flexibility index (Phi) is 2.57. The van der Waals surface area contributed by atoms with Gasteiger partial charge in [0.1, 0.15) is 11.6 Å². The van der Waals surface area contributed by atoms with Gasteiger partial charge in [0.25, 0.3) is 0 Å². The van der Waals surface area contributed by atoms with E-state index in [0.29, 0.717) is 11.4 Å². The number of allylic oxidation sites excluding steroid dienone is 1. The molecule has 1 aliphatic rings. The number of rotatable bonds is 1. The lowest BCUT2D eigenvalue weighted by Crippen LogP contribution is -2.19. The van der Waals surface area contributed by atoms with Crippen LogP contribution >= 0.6 is 0 Å². The van der Waals surface area contributed by atoms with Crippen LogP contribution in [0.25, 0.3) is 16.5 Å². The Hall–Kier alpha value is -3.39. The summed E-state index contributed by atoms with van der Waals surface area (Å²) in [6, 6.07) is 17.0. The van der Waals surface area contributed by atoms with Crippen molar-refractivity contribution >= 4 is 16.5 Å². The second-order valence-electron chi connectivity index (χ2n) is 4.92. The second-order valence-corrected chi connectivity index (χ2v) is 4.92. The summed E-state index contributed by atoms with van der Waals surface area (Å²) < 4.78 is 0. The number of aromatic amines is 1. The van der Waals surface area contributed by atoms with E-state index in [-0.39, 0.29) is 11.5 Å². The highest BCUT2D eigenvalue weighted by molar-refractivity contribution is 5.99. The Labute approximate surface area is 125 Å². The molecule has 0 spiro atoms. The fourth-order valence-corrected chi connectivity index (χ4v) is 2.62. The van der Waals surface area contributed by atoms with Gasteiger partial charge < -0.3 is 10.1 Å². The zero-order valence-corrected chi connectivity index (χ0v) is 11.4. The van der Waals surface area contributed by atoms with Crippen LogP contribution in [0.1, 0.15) is 5.56 Å². The molecule has 0 saturated carbocycles. The highest BCUT2D eigenvalue weighted by Crippen LogP contribution is 2.34. The van der Waals surface area contributed by atoms with Gasteiger partial charge in [-0.05, 0) is 18.2 Å². The van der Waals surface area contributed by atoms with Crippen LogP contribution in [0.3, 0.4) is 0 Å². The molecule has 1 aromatic heterocycles. The van der Waals surface area contributed by atoms with Crippen LogP contribution in [-0.4, -0.2) is 10.1 Å². The maximum absolute atomic E-state index is 10.2. The van der Waals surface area contributed by atoms with E-state index in [1.54, 1.807) is 0 Å². The maximum Gasteiger partial charge on any atom is 0.198 e. The quantitative estimate of drug-likeness (QED) is 0.671. The first kappa shape index (κ1) is 12.4. The molecule has 0 atom stereocenters. The largest absolute Gasteiger partial charge is 0.494 e. The minimum atomic E-state index is -0.0494. The molecule has 22 heavy (non-hydrogen) atoms. The van der Waals surface area contributed by atoms with E-state index in [1.807, 2.05) is 48.5 Å². The summed E-state index contributed by atoms with van der Waals surface area (Å²) in [6.45, 7) is 0. The van der Waals surface area contributed by atoms with Crippen LogP contribution in [0, 0.1) is 11.3 Å². The molecule has 0 saturated heterocycles. The summed E-state index contributed by atoms with van der Waals surface area (Å²) in [5.74, 6) is 0.273. The average Bonchev–Trinajstić information content (AvgIpc) is 3.10. The molecule has 0 aliphatic carbocycles. The van der Waals surface area contributed by atoms with E-state index >= 15 is 0 Å². The van der Waals surface area contributed by atoms with Gasteiger partial charge in [-0.1, -0.05) is 30.3 Å². The van der Waals surface area contributed by atoms with Crippen molar-refractivity contribution in [2.24, 2.45) is 9.98 Å². The van der Waals surface area contributed by atoms with Gasteiger partial charge in [-0.3, -0.25) is 0 Å². The van der Waals surface area contributed by atoms with Crippen molar-refractivity contribution in [1.29, 1.82) is 5.26 Å². The Morgan fingerprint density at radius 1 is 1.00 bits per heavy atom. The van der Waals surface area contributed by atoms with Crippen LogP contribution in [0.15, 0.2) is 64.3 Å². The van der Waals surface area contributed by atoms with Crippen molar-refractivity contribution in [3.8, 4) is 11.9 Å². The summed E-state index contributed by atoms with van der Waals surface area (Å²) in [6.07, 6.45) is 0. The lowest BCUT2D eigenvalue weighted by atomic mass is 10.1. The van der Waals surface area contributed by atoms with Crippen LogP contribution in [-0.2, 0) is 0 Å². The molecule has 0 radical (unpaired) electrons.